The maximum Gasteiger partial charge on any atom is 0.339 e. The minimum atomic E-state index is -1.27. The summed E-state index contributed by atoms with van der Waals surface area (Å²) in [5.41, 5.74) is -0.459. The second-order valence-electron chi connectivity index (χ2n) is 4.14. The Morgan fingerprint density at radius 2 is 1.30 bits per heavy atom. The molecule has 5 N–H and O–H groups in total. The summed E-state index contributed by atoms with van der Waals surface area (Å²) in [6, 6.07) is 8.06. The van der Waals surface area contributed by atoms with Crippen LogP contribution in [-0.4, -0.2) is 44.6 Å². The third-order valence-corrected chi connectivity index (χ3v) is 2.69. The normalized spacial score (nSPS) is 9.43. The molecule has 0 aliphatic heterocycles. The predicted octanol–water partition coefficient (Wildman–Crippen LogP) is 1.89. The Labute approximate surface area is 130 Å². The first kappa shape index (κ1) is 17.6. The lowest BCUT2D eigenvalue weighted by Gasteiger charge is -2.04. The number of hydrogen-bond acceptors (Lipinski definition) is 6. The molecule has 2 rings (SSSR count). The van der Waals surface area contributed by atoms with E-state index >= 15 is 0 Å². The zero-order valence-electron chi connectivity index (χ0n) is 11.9. The second-order valence-corrected chi connectivity index (χ2v) is 4.14. The smallest absolute Gasteiger partial charge is 0.339 e. The number of aromatic hydroxyl groups is 3. The van der Waals surface area contributed by atoms with E-state index < -0.39 is 23.4 Å². The summed E-state index contributed by atoms with van der Waals surface area (Å²) < 4.78 is 4.72. The first-order chi connectivity index (χ1) is 10.8. The van der Waals surface area contributed by atoms with Gasteiger partial charge in [0, 0.05) is 0 Å². The standard InChI is InChI=1S/C8H8O4.C7H6O4/c1-12-6-4-2-3-5(7(6)9)8(10)11;8-5-3-1-2-4(6(5)9)7(10)11/h2-4,9H,1H3,(H,10,11);1-3,8-9H,(H,10,11). The van der Waals surface area contributed by atoms with Gasteiger partial charge in [-0.05, 0) is 24.3 Å². The van der Waals surface area contributed by atoms with Gasteiger partial charge in [-0.3, -0.25) is 0 Å². The van der Waals surface area contributed by atoms with Crippen LogP contribution in [0, 0.1) is 0 Å². The van der Waals surface area contributed by atoms with Crippen molar-refractivity contribution in [2.45, 2.75) is 0 Å². The molecule has 0 saturated heterocycles. The molecule has 2 aromatic rings. The van der Waals surface area contributed by atoms with Crippen molar-refractivity contribution in [3.05, 3.63) is 47.5 Å². The van der Waals surface area contributed by atoms with Gasteiger partial charge in [0.1, 0.15) is 11.1 Å². The summed E-state index contributed by atoms with van der Waals surface area (Å²) in [6.45, 7) is 0. The number of ether oxygens (including phenoxy) is 1. The Morgan fingerprint density at radius 1 is 0.826 bits per heavy atom. The summed E-state index contributed by atoms with van der Waals surface area (Å²) in [7, 11) is 1.36. The minimum Gasteiger partial charge on any atom is -0.504 e. The molecule has 8 heteroatoms. The van der Waals surface area contributed by atoms with Crippen LogP contribution in [0.5, 0.6) is 23.0 Å². The van der Waals surface area contributed by atoms with E-state index in [4.69, 9.17) is 25.2 Å². The van der Waals surface area contributed by atoms with Crippen LogP contribution in [0.1, 0.15) is 20.7 Å². The van der Waals surface area contributed by atoms with Crippen molar-refractivity contribution in [3.63, 3.8) is 0 Å². The maximum absolute atomic E-state index is 10.5. The lowest BCUT2D eigenvalue weighted by molar-refractivity contribution is 0.0681. The van der Waals surface area contributed by atoms with Gasteiger partial charge < -0.3 is 30.3 Å². The first-order valence-electron chi connectivity index (χ1n) is 6.13. The number of hydrogen-bond donors (Lipinski definition) is 5. The number of carboxylic acid groups (broad SMARTS) is 2. The SMILES string of the molecule is COc1cccc(C(=O)O)c1O.O=C(O)c1cccc(O)c1O. The molecule has 0 heterocycles. The van der Waals surface area contributed by atoms with E-state index in [9.17, 15) is 14.7 Å². The molecule has 0 fully saturated rings. The zero-order chi connectivity index (χ0) is 17.6. The highest BCUT2D eigenvalue weighted by Crippen LogP contribution is 2.29. The fourth-order valence-corrected chi connectivity index (χ4v) is 1.56. The number of phenols is 3. The third kappa shape index (κ3) is 4.27. The number of carbonyl (C=O) groups is 2. The molecule has 0 radical (unpaired) electrons. The number of phenolic OH excluding ortho intramolecular Hbond substituents is 1. The molecule has 0 saturated carbocycles. The Bertz CT molecular complexity index is 723. The van der Waals surface area contributed by atoms with E-state index in [-0.39, 0.29) is 22.6 Å². The molecular weight excluding hydrogens is 308 g/mol. The molecule has 122 valence electrons. The van der Waals surface area contributed by atoms with Crippen LogP contribution >= 0.6 is 0 Å². The van der Waals surface area contributed by atoms with E-state index in [2.05, 4.69) is 0 Å². The molecule has 0 amide bonds. The molecule has 2 aromatic carbocycles. The van der Waals surface area contributed by atoms with Crippen molar-refractivity contribution in [2.75, 3.05) is 7.11 Å². The summed E-state index contributed by atoms with van der Waals surface area (Å²) in [6.07, 6.45) is 0. The van der Waals surface area contributed by atoms with Crippen LogP contribution in [0.3, 0.4) is 0 Å². The average Bonchev–Trinajstić information content (AvgIpc) is 2.50. The minimum absolute atomic E-state index is 0.158. The molecule has 0 spiro atoms. The predicted molar refractivity (Wildman–Crippen MR) is 78.3 cm³/mol. The van der Waals surface area contributed by atoms with E-state index in [1.54, 1.807) is 0 Å². The van der Waals surface area contributed by atoms with Crippen LogP contribution in [0.15, 0.2) is 36.4 Å². The van der Waals surface area contributed by atoms with Crippen molar-refractivity contribution < 1.29 is 39.9 Å². The van der Waals surface area contributed by atoms with E-state index in [1.807, 2.05) is 0 Å². The van der Waals surface area contributed by atoms with Crippen LogP contribution < -0.4 is 4.74 Å². The monoisotopic (exact) mass is 322 g/mol. The van der Waals surface area contributed by atoms with Crippen molar-refractivity contribution in [1.29, 1.82) is 0 Å². The lowest BCUT2D eigenvalue weighted by atomic mass is 10.2. The highest BCUT2D eigenvalue weighted by Gasteiger charge is 2.12. The lowest BCUT2D eigenvalue weighted by Crippen LogP contribution is -1.97. The van der Waals surface area contributed by atoms with Crippen LogP contribution in [0.25, 0.3) is 0 Å². The van der Waals surface area contributed by atoms with Gasteiger partial charge in [0.05, 0.1) is 7.11 Å². The third-order valence-electron chi connectivity index (χ3n) is 2.69. The highest BCUT2D eigenvalue weighted by molar-refractivity contribution is 5.92. The summed E-state index contributed by atoms with van der Waals surface area (Å²) in [5.74, 6) is -3.64. The van der Waals surface area contributed by atoms with E-state index in [1.165, 1.54) is 43.5 Å². The Hall–Kier alpha value is -3.42. The summed E-state index contributed by atoms with van der Waals surface area (Å²) in [5, 5.41) is 44.0. The first-order valence-corrected chi connectivity index (χ1v) is 6.13. The number of rotatable bonds is 3. The van der Waals surface area contributed by atoms with Gasteiger partial charge in [-0.1, -0.05) is 12.1 Å². The van der Waals surface area contributed by atoms with Crippen LogP contribution in [-0.2, 0) is 0 Å². The van der Waals surface area contributed by atoms with Gasteiger partial charge in [0.15, 0.2) is 23.0 Å². The Kier molecular flexibility index (Phi) is 5.79. The van der Waals surface area contributed by atoms with Gasteiger partial charge in [-0.15, -0.1) is 0 Å². The van der Waals surface area contributed by atoms with Gasteiger partial charge in [-0.25, -0.2) is 9.59 Å². The van der Waals surface area contributed by atoms with Crippen molar-refractivity contribution >= 4 is 11.9 Å². The van der Waals surface area contributed by atoms with Gasteiger partial charge in [0.2, 0.25) is 0 Å². The maximum atomic E-state index is 10.5. The quantitative estimate of drug-likeness (QED) is 0.539. The van der Waals surface area contributed by atoms with Crippen LogP contribution in [0.2, 0.25) is 0 Å². The number of methoxy groups -OCH3 is 1. The van der Waals surface area contributed by atoms with Gasteiger partial charge in [0.25, 0.3) is 0 Å². The fraction of sp³-hybridized carbons (Fsp3) is 0.0667. The Morgan fingerprint density at radius 3 is 1.74 bits per heavy atom. The summed E-state index contributed by atoms with van der Waals surface area (Å²) in [4.78, 5) is 20.8. The molecule has 23 heavy (non-hydrogen) atoms. The zero-order valence-corrected chi connectivity index (χ0v) is 11.9. The number of para-hydroxylation sites is 2. The topological polar surface area (TPSA) is 145 Å². The number of aromatic carboxylic acids is 2. The van der Waals surface area contributed by atoms with E-state index in [0.717, 1.165) is 0 Å². The molecule has 0 atom stereocenters. The molecule has 0 bridgehead atoms. The number of carboxylic acids is 2. The molecule has 8 nitrogen and oxygen atoms in total. The second kappa shape index (κ2) is 7.55. The number of benzene rings is 2. The highest BCUT2D eigenvalue weighted by atomic mass is 16.5. The summed E-state index contributed by atoms with van der Waals surface area (Å²) >= 11 is 0. The molecule has 0 aliphatic rings. The molecular formula is C15H14O8. The average molecular weight is 322 g/mol. The van der Waals surface area contributed by atoms with E-state index in [0.29, 0.717) is 0 Å². The van der Waals surface area contributed by atoms with Crippen molar-refractivity contribution in [3.8, 4) is 23.0 Å². The Balaban J connectivity index is 0.000000231. The van der Waals surface area contributed by atoms with Crippen molar-refractivity contribution in [1.82, 2.24) is 0 Å². The van der Waals surface area contributed by atoms with Crippen molar-refractivity contribution in [2.24, 2.45) is 0 Å². The fourth-order valence-electron chi connectivity index (χ4n) is 1.56. The molecule has 0 unspecified atom stereocenters. The molecule has 0 aliphatic carbocycles. The molecule has 0 aromatic heterocycles. The van der Waals surface area contributed by atoms with Gasteiger partial charge >= 0.3 is 11.9 Å². The van der Waals surface area contributed by atoms with Crippen LogP contribution in [0.4, 0.5) is 0 Å². The largest absolute Gasteiger partial charge is 0.504 e. The van der Waals surface area contributed by atoms with Gasteiger partial charge in [-0.2, -0.15) is 0 Å².